The average molecular weight is 427 g/mol. The molecular weight excluding hydrogens is 406 g/mol. The summed E-state index contributed by atoms with van der Waals surface area (Å²) in [6.45, 7) is 0.127. The molecule has 3 aromatic rings. The first-order chi connectivity index (χ1) is 15.6. The first-order valence-corrected chi connectivity index (χ1v) is 9.64. The smallest absolute Gasteiger partial charge is 0.257 e. The SMILES string of the molecule is C#CCOc1ccc(C=CC(=O)Nc2ccccc2C(=O)Nc2ccncc2)cc1OC. The Hall–Kier alpha value is -4.57. The number of carbonyl (C=O) groups is 2. The highest BCUT2D eigenvalue weighted by Gasteiger charge is 2.12. The van der Waals surface area contributed by atoms with Gasteiger partial charge in [-0.1, -0.05) is 24.1 Å². The second kappa shape index (κ2) is 11.0. The predicted molar refractivity (Wildman–Crippen MR) is 124 cm³/mol. The van der Waals surface area contributed by atoms with E-state index < -0.39 is 0 Å². The van der Waals surface area contributed by atoms with Crippen LogP contribution in [0.15, 0.2) is 73.1 Å². The van der Waals surface area contributed by atoms with Crippen LogP contribution in [0.3, 0.4) is 0 Å². The Morgan fingerprint density at radius 3 is 2.59 bits per heavy atom. The van der Waals surface area contributed by atoms with E-state index in [1.807, 2.05) is 0 Å². The van der Waals surface area contributed by atoms with Crippen molar-refractivity contribution in [3.8, 4) is 23.8 Å². The maximum absolute atomic E-state index is 12.6. The zero-order valence-electron chi connectivity index (χ0n) is 17.4. The van der Waals surface area contributed by atoms with Gasteiger partial charge >= 0.3 is 0 Å². The standard InChI is InChI=1S/C25H21N3O4/c1-3-16-32-22-10-8-18(17-23(22)31-2)9-11-24(29)28-21-7-5-4-6-20(21)25(30)27-19-12-14-26-15-13-19/h1,4-15,17H,16H2,2H3,(H,28,29)(H,26,27,30). The van der Waals surface area contributed by atoms with Crippen molar-refractivity contribution in [1.29, 1.82) is 0 Å². The number of amides is 2. The van der Waals surface area contributed by atoms with Gasteiger partial charge in [0.25, 0.3) is 5.91 Å². The van der Waals surface area contributed by atoms with Crippen LogP contribution in [0.5, 0.6) is 11.5 Å². The maximum atomic E-state index is 12.6. The van der Waals surface area contributed by atoms with Crippen LogP contribution >= 0.6 is 0 Å². The molecule has 2 amide bonds. The van der Waals surface area contributed by atoms with E-state index in [0.29, 0.717) is 28.4 Å². The molecular formula is C25H21N3O4. The number of carbonyl (C=O) groups excluding carboxylic acids is 2. The van der Waals surface area contributed by atoms with E-state index in [4.69, 9.17) is 15.9 Å². The summed E-state index contributed by atoms with van der Waals surface area (Å²) in [5.41, 5.74) is 2.07. The summed E-state index contributed by atoms with van der Waals surface area (Å²) in [5, 5.41) is 5.51. The lowest BCUT2D eigenvalue weighted by atomic mass is 10.1. The summed E-state index contributed by atoms with van der Waals surface area (Å²) < 4.78 is 10.7. The molecule has 0 saturated carbocycles. The van der Waals surface area contributed by atoms with E-state index in [2.05, 4.69) is 21.5 Å². The first kappa shape index (κ1) is 22.1. The van der Waals surface area contributed by atoms with Gasteiger partial charge in [-0.3, -0.25) is 14.6 Å². The monoisotopic (exact) mass is 427 g/mol. The van der Waals surface area contributed by atoms with Crippen LogP contribution in [0.1, 0.15) is 15.9 Å². The van der Waals surface area contributed by atoms with E-state index in [1.54, 1.807) is 73.1 Å². The minimum absolute atomic E-state index is 0.127. The minimum Gasteiger partial charge on any atom is -0.493 e. The summed E-state index contributed by atoms with van der Waals surface area (Å²) in [5.74, 6) is 2.68. The van der Waals surface area contributed by atoms with Gasteiger partial charge < -0.3 is 20.1 Å². The van der Waals surface area contributed by atoms with Crippen molar-refractivity contribution in [1.82, 2.24) is 4.98 Å². The fourth-order valence-electron chi connectivity index (χ4n) is 2.80. The number of para-hydroxylation sites is 1. The third kappa shape index (κ3) is 5.97. The highest BCUT2D eigenvalue weighted by molar-refractivity contribution is 6.11. The lowest BCUT2D eigenvalue weighted by molar-refractivity contribution is -0.111. The van der Waals surface area contributed by atoms with Crippen molar-refractivity contribution in [2.24, 2.45) is 0 Å². The maximum Gasteiger partial charge on any atom is 0.257 e. The van der Waals surface area contributed by atoms with Gasteiger partial charge in [-0.25, -0.2) is 0 Å². The molecule has 7 heteroatoms. The van der Waals surface area contributed by atoms with Crippen molar-refractivity contribution in [3.63, 3.8) is 0 Å². The molecule has 0 aliphatic carbocycles. The number of anilines is 2. The Kier molecular flexibility index (Phi) is 7.60. The average Bonchev–Trinajstić information content (AvgIpc) is 2.82. The number of hydrogen-bond acceptors (Lipinski definition) is 5. The van der Waals surface area contributed by atoms with Crippen molar-refractivity contribution in [2.45, 2.75) is 0 Å². The van der Waals surface area contributed by atoms with Crippen LogP contribution in [0.2, 0.25) is 0 Å². The van der Waals surface area contributed by atoms with Gasteiger partial charge in [0, 0.05) is 24.2 Å². The minimum atomic E-state index is -0.388. The number of nitrogens with one attached hydrogen (secondary N) is 2. The van der Waals surface area contributed by atoms with Crippen LogP contribution in [0.25, 0.3) is 6.08 Å². The Morgan fingerprint density at radius 2 is 1.84 bits per heavy atom. The largest absolute Gasteiger partial charge is 0.493 e. The number of pyridine rings is 1. The molecule has 0 atom stereocenters. The molecule has 3 rings (SSSR count). The van der Waals surface area contributed by atoms with Crippen molar-refractivity contribution in [2.75, 3.05) is 24.4 Å². The molecule has 0 aliphatic heterocycles. The molecule has 0 bridgehead atoms. The van der Waals surface area contributed by atoms with Crippen molar-refractivity contribution >= 4 is 29.3 Å². The third-order valence-corrected chi connectivity index (χ3v) is 4.29. The molecule has 0 fully saturated rings. The molecule has 32 heavy (non-hydrogen) atoms. The lowest BCUT2D eigenvalue weighted by Crippen LogP contribution is -2.17. The molecule has 1 aromatic heterocycles. The molecule has 0 spiro atoms. The highest BCUT2D eigenvalue weighted by Crippen LogP contribution is 2.28. The first-order valence-electron chi connectivity index (χ1n) is 9.64. The van der Waals surface area contributed by atoms with Crippen LogP contribution in [-0.2, 0) is 4.79 Å². The zero-order chi connectivity index (χ0) is 22.8. The predicted octanol–water partition coefficient (Wildman–Crippen LogP) is 4.01. The second-order valence-corrected chi connectivity index (χ2v) is 6.46. The fraction of sp³-hybridized carbons (Fsp3) is 0.0800. The quantitative estimate of drug-likeness (QED) is 0.419. The highest BCUT2D eigenvalue weighted by atomic mass is 16.5. The van der Waals surface area contributed by atoms with Gasteiger partial charge in [0.2, 0.25) is 5.91 Å². The van der Waals surface area contributed by atoms with Gasteiger partial charge in [0.15, 0.2) is 11.5 Å². The number of terminal acetylenes is 1. The van der Waals surface area contributed by atoms with Crippen LogP contribution < -0.4 is 20.1 Å². The van der Waals surface area contributed by atoms with Crippen molar-refractivity contribution < 1.29 is 19.1 Å². The van der Waals surface area contributed by atoms with Crippen molar-refractivity contribution in [3.05, 3.63) is 84.2 Å². The summed E-state index contributed by atoms with van der Waals surface area (Å²) >= 11 is 0. The number of ether oxygens (including phenoxy) is 2. The summed E-state index contributed by atoms with van der Waals surface area (Å²) in [6.07, 6.45) is 11.4. The Morgan fingerprint density at radius 1 is 1.06 bits per heavy atom. The zero-order valence-corrected chi connectivity index (χ0v) is 17.4. The topological polar surface area (TPSA) is 89.5 Å². The molecule has 0 aliphatic rings. The van der Waals surface area contributed by atoms with E-state index in [9.17, 15) is 9.59 Å². The van der Waals surface area contributed by atoms with Crippen LogP contribution in [0, 0.1) is 12.3 Å². The second-order valence-electron chi connectivity index (χ2n) is 6.46. The van der Waals surface area contributed by atoms with E-state index in [1.165, 1.54) is 13.2 Å². The molecule has 2 aromatic carbocycles. The Labute approximate surface area is 186 Å². The van der Waals surface area contributed by atoms with E-state index >= 15 is 0 Å². The number of methoxy groups -OCH3 is 1. The molecule has 1 heterocycles. The third-order valence-electron chi connectivity index (χ3n) is 4.29. The van der Waals surface area contributed by atoms with E-state index in [-0.39, 0.29) is 18.4 Å². The van der Waals surface area contributed by atoms with Crippen LogP contribution in [-0.4, -0.2) is 30.5 Å². The molecule has 0 saturated heterocycles. The number of aromatic nitrogens is 1. The lowest BCUT2D eigenvalue weighted by Gasteiger charge is -2.10. The normalized spacial score (nSPS) is 10.2. The molecule has 0 radical (unpaired) electrons. The summed E-state index contributed by atoms with van der Waals surface area (Å²) in [4.78, 5) is 29.0. The number of hydrogen-bond donors (Lipinski definition) is 2. The van der Waals surface area contributed by atoms with Gasteiger partial charge in [0.1, 0.15) is 6.61 Å². The Balaban J connectivity index is 1.69. The van der Waals surface area contributed by atoms with Gasteiger partial charge in [-0.05, 0) is 48.0 Å². The molecule has 0 unspecified atom stereocenters. The summed E-state index contributed by atoms with van der Waals surface area (Å²) in [7, 11) is 1.52. The Bertz CT molecular complexity index is 1170. The van der Waals surface area contributed by atoms with Gasteiger partial charge in [-0.2, -0.15) is 0 Å². The number of rotatable bonds is 8. The van der Waals surface area contributed by atoms with E-state index in [0.717, 1.165) is 5.56 Å². The van der Waals surface area contributed by atoms with Crippen LogP contribution in [0.4, 0.5) is 11.4 Å². The number of benzene rings is 2. The van der Waals surface area contributed by atoms with Gasteiger partial charge in [-0.15, -0.1) is 6.42 Å². The number of nitrogens with zero attached hydrogens (tertiary/aromatic N) is 1. The fourth-order valence-corrected chi connectivity index (χ4v) is 2.80. The molecule has 7 nitrogen and oxygen atoms in total. The molecule has 2 N–H and O–H groups in total. The summed E-state index contributed by atoms with van der Waals surface area (Å²) in [6, 6.07) is 15.3. The van der Waals surface area contributed by atoms with Gasteiger partial charge in [0.05, 0.1) is 18.4 Å². The molecule has 160 valence electrons.